The average Bonchev–Trinajstić information content (AvgIpc) is 2.36. The number of hydrogen-bond donors (Lipinski definition) is 1. The fourth-order valence-corrected chi connectivity index (χ4v) is 1.56. The Morgan fingerprint density at radius 2 is 1.22 bits per heavy atom. The van der Waals surface area contributed by atoms with Gasteiger partial charge in [-0.2, -0.15) is 0 Å². The summed E-state index contributed by atoms with van der Waals surface area (Å²) in [5, 5.41) is 0.793. The molecule has 0 saturated heterocycles. The predicted molar refractivity (Wildman–Crippen MR) is 85.3 cm³/mol. The van der Waals surface area contributed by atoms with Gasteiger partial charge >= 0.3 is 0 Å². The molecule has 0 saturated carbocycles. The van der Waals surface area contributed by atoms with E-state index in [2.05, 4.69) is 42.1 Å². The van der Waals surface area contributed by atoms with Gasteiger partial charge in [0.15, 0.2) is 0 Å². The van der Waals surface area contributed by atoms with Gasteiger partial charge in [0.05, 0.1) is 0 Å². The monoisotopic (exact) mass is 305 g/mol. The summed E-state index contributed by atoms with van der Waals surface area (Å²) in [5.41, 5.74) is 7.12. The normalized spacial score (nSPS) is 8.17. The van der Waals surface area contributed by atoms with Gasteiger partial charge in [-0.3, -0.25) is 0 Å². The maximum Gasteiger partial charge on any atom is 0.0406 e. The molecule has 0 aliphatic carbocycles. The number of halogens is 3. The first-order chi connectivity index (χ1) is 7.84. The molecule has 0 aliphatic rings. The van der Waals surface area contributed by atoms with Crippen LogP contribution in [0.25, 0.3) is 0 Å². The molecule has 0 spiro atoms. The lowest BCUT2D eigenvalue weighted by atomic mass is 10.1. The topological polar surface area (TPSA) is 26.0 Å². The number of nitrogens with two attached hydrogens (primary N) is 1. The fraction of sp³-hybridized carbons (Fsp3) is 0.143. The first-order valence-electron chi connectivity index (χ1n) is 5.21. The molecule has 0 aromatic heterocycles. The SMILES string of the molecule is CN.Cl.Cl.Clc1ccc(Cc2ccccc2)cc1. The van der Waals surface area contributed by atoms with E-state index >= 15 is 0 Å². The third-order valence-electron chi connectivity index (χ3n) is 2.16. The van der Waals surface area contributed by atoms with Gasteiger partial charge in [-0.05, 0) is 36.7 Å². The maximum absolute atomic E-state index is 5.81. The lowest BCUT2D eigenvalue weighted by Crippen LogP contribution is -1.86. The van der Waals surface area contributed by atoms with E-state index in [1.807, 2.05) is 18.2 Å². The summed E-state index contributed by atoms with van der Waals surface area (Å²) in [6.45, 7) is 0. The molecule has 2 N–H and O–H groups in total. The van der Waals surface area contributed by atoms with E-state index in [0.29, 0.717) is 0 Å². The van der Waals surface area contributed by atoms with Crippen LogP contribution >= 0.6 is 36.4 Å². The number of benzene rings is 2. The van der Waals surface area contributed by atoms with E-state index in [0.717, 1.165) is 11.4 Å². The highest BCUT2D eigenvalue weighted by molar-refractivity contribution is 6.30. The first kappa shape index (κ1) is 19.6. The van der Waals surface area contributed by atoms with Crippen LogP contribution in [0.5, 0.6) is 0 Å². The van der Waals surface area contributed by atoms with Crippen LogP contribution in [-0.2, 0) is 6.42 Å². The maximum atomic E-state index is 5.81. The predicted octanol–water partition coefficient (Wildman–Crippen LogP) is 4.35. The summed E-state index contributed by atoms with van der Waals surface area (Å²) < 4.78 is 0. The molecule has 4 heteroatoms. The molecule has 2 rings (SSSR count). The van der Waals surface area contributed by atoms with E-state index in [1.165, 1.54) is 18.2 Å². The van der Waals surface area contributed by atoms with Crippen LogP contribution in [0.2, 0.25) is 5.02 Å². The van der Waals surface area contributed by atoms with E-state index in [9.17, 15) is 0 Å². The molecule has 18 heavy (non-hydrogen) atoms. The van der Waals surface area contributed by atoms with Gasteiger partial charge in [0.1, 0.15) is 0 Å². The van der Waals surface area contributed by atoms with Crippen LogP contribution in [-0.4, -0.2) is 7.05 Å². The van der Waals surface area contributed by atoms with Crippen molar-refractivity contribution in [1.82, 2.24) is 0 Å². The van der Waals surface area contributed by atoms with Gasteiger partial charge in [-0.25, -0.2) is 0 Å². The van der Waals surface area contributed by atoms with Crippen molar-refractivity contribution in [2.75, 3.05) is 7.05 Å². The minimum Gasteiger partial charge on any atom is -0.333 e. The summed E-state index contributed by atoms with van der Waals surface area (Å²) in [4.78, 5) is 0. The van der Waals surface area contributed by atoms with Gasteiger partial charge in [-0.15, -0.1) is 24.8 Å². The zero-order valence-corrected chi connectivity index (χ0v) is 12.6. The fourth-order valence-electron chi connectivity index (χ4n) is 1.43. The van der Waals surface area contributed by atoms with E-state index in [4.69, 9.17) is 11.6 Å². The minimum absolute atomic E-state index is 0. The molecule has 0 heterocycles. The highest BCUT2D eigenvalue weighted by Crippen LogP contribution is 2.13. The first-order valence-corrected chi connectivity index (χ1v) is 5.58. The Bertz CT molecular complexity index is 401. The molecular weight excluding hydrogens is 289 g/mol. The van der Waals surface area contributed by atoms with Crippen molar-refractivity contribution in [2.24, 2.45) is 5.73 Å². The Hall–Kier alpha value is -0.730. The lowest BCUT2D eigenvalue weighted by molar-refractivity contribution is 1.19. The van der Waals surface area contributed by atoms with Crippen LogP contribution in [0, 0.1) is 0 Å². The molecule has 1 nitrogen and oxygen atoms in total. The number of hydrogen-bond acceptors (Lipinski definition) is 1. The molecule has 0 unspecified atom stereocenters. The average molecular weight is 307 g/mol. The molecule has 0 amide bonds. The molecule has 2 aromatic carbocycles. The Kier molecular flexibility index (Phi) is 12.4. The summed E-state index contributed by atoms with van der Waals surface area (Å²) in [7, 11) is 1.50. The smallest absolute Gasteiger partial charge is 0.0406 e. The Morgan fingerprint density at radius 1 is 0.778 bits per heavy atom. The number of rotatable bonds is 2. The van der Waals surface area contributed by atoms with Gasteiger partial charge in [0, 0.05) is 5.02 Å². The van der Waals surface area contributed by atoms with Crippen molar-refractivity contribution < 1.29 is 0 Å². The van der Waals surface area contributed by atoms with E-state index in [-0.39, 0.29) is 24.8 Å². The molecule has 0 aliphatic heterocycles. The second-order valence-corrected chi connectivity index (χ2v) is 3.73. The van der Waals surface area contributed by atoms with Crippen molar-refractivity contribution in [3.8, 4) is 0 Å². The third kappa shape index (κ3) is 6.87. The molecule has 0 radical (unpaired) electrons. The zero-order chi connectivity index (χ0) is 11.8. The van der Waals surface area contributed by atoms with E-state index < -0.39 is 0 Å². The van der Waals surface area contributed by atoms with Crippen LogP contribution in [0.15, 0.2) is 54.6 Å². The van der Waals surface area contributed by atoms with Crippen molar-refractivity contribution in [3.63, 3.8) is 0 Å². The third-order valence-corrected chi connectivity index (χ3v) is 2.42. The molecule has 0 bridgehead atoms. The van der Waals surface area contributed by atoms with Gasteiger partial charge in [0.2, 0.25) is 0 Å². The Morgan fingerprint density at radius 3 is 1.72 bits per heavy atom. The quantitative estimate of drug-likeness (QED) is 0.877. The summed E-state index contributed by atoms with van der Waals surface area (Å²) >= 11 is 5.81. The molecule has 0 fully saturated rings. The largest absolute Gasteiger partial charge is 0.333 e. The van der Waals surface area contributed by atoms with Crippen molar-refractivity contribution >= 4 is 36.4 Å². The molecule has 100 valence electrons. The van der Waals surface area contributed by atoms with Gasteiger partial charge < -0.3 is 5.73 Å². The Balaban J connectivity index is 0. The Labute approximate surface area is 126 Å². The summed E-state index contributed by atoms with van der Waals surface area (Å²) in [6, 6.07) is 18.4. The summed E-state index contributed by atoms with van der Waals surface area (Å²) in [6.07, 6.45) is 0.970. The standard InChI is InChI=1S/C13H11Cl.CH5N.2ClH/c14-13-8-6-12(7-9-13)10-11-4-2-1-3-5-11;1-2;;/h1-9H,10H2;2H2,1H3;2*1H. The van der Waals surface area contributed by atoms with Gasteiger partial charge in [0.25, 0.3) is 0 Å². The van der Waals surface area contributed by atoms with E-state index in [1.54, 1.807) is 0 Å². The molecule has 2 aromatic rings. The van der Waals surface area contributed by atoms with Crippen LogP contribution in [0.3, 0.4) is 0 Å². The van der Waals surface area contributed by atoms with Crippen molar-refractivity contribution in [2.45, 2.75) is 6.42 Å². The second kappa shape index (κ2) is 11.4. The molecular formula is C14H18Cl3N. The lowest BCUT2D eigenvalue weighted by Gasteiger charge is -2.01. The zero-order valence-electron chi connectivity index (χ0n) is 10.2. The highest BCUT2D eigenvalue weighted by atomic mass is 35.5. The summed E-state index contributed by atoms with van der Waals surface area (Å²) in [5.74, 6) is 0. The van der Waals surface area contributed by atoms with Crippen molar-refractivity contribution in [1.29, 1.82) is 0 Å². The van der Waals surface area contributed by atoms with Crippen LogP contribution in [0.4, 0.5) is 0 Å². The van der Waals surface area contributed by atoms with Crippen LogP contribution in [0.1, 0.15) is 11.1 Å². The van der Waals surface area contributed by atoms with Gasteiger partial charge in [-0.1, -0.05) is 54.1 Å². The highest BCUT2D eigenvalue weighted by Gasteiger charge is 1.94. The van der Waals surface area contributed by atoms with Crippen molar-refractivity contribution in [3.05, 3.63) is 70.7 Å². The minimum atomic E-state index is 0. The second-order valence-electron chi connectivity index (χ2n) is 3.29. The van der Waals surface area contributed by atoms with Crippen LogP contribution < -0.4 is 5.73 Å². The molecule has 0 atom stereocenters.